The minimum atomic E-state index is 0.187. The lowest BCUT2D eigenvalue weighted by molar-refractivity contribution is 0.0498. The quantitative estimate of drug-likeness (QED) is 0.732. The predicted octanol–water partition coefficient (Wildman–Crippen LogP) is 3.17. The second-order valence-electron chi connectivity index (χ2n) is 7.53. The van der Waals surface area contributed by atoms with Gasteiger partial charge in [-0.05, 0) is 49.1 Å². The van der Waals surface area contributed by atoms with Crippen LogP contribution in [0.25, 0.3) is 0 Å². The van der Waals surface area contributed by atoms with Gasteiger partial charge in [-0.2, -0.15) is 0 Å². The van der Waals surface area contributed by atoms with Crippen molar-refractivity contribution in [2.45, 2.75) is 39.4 Å². The highest BCUT2D eigenvalue weighted by molar-refractivity contribution is 5.41. The average molecular weight is 385 g/mol. The summed E-state index contributed by atoms with van der Waals surface area (Å²) in [6.45, 7) is 9.46. The smallest absolute Gasteiger partial charge is 0.161 e. The Morgan fingerprint density at radius 3 is 2.68 bits per heavy atom. The molecule has 1 unspecified atom stereocenters. The molecule has 1 heterocycles. The molecule has 0 spiro atoms. The lowest BCUT2D eigenvalue weighted by atomic mass is 10.0. The van der Waals surface area contributed by atoms with E-state index in [2.05, 4.69) is 41.0 Å². The van der Waals surface area contributed by atoms with Crippen LogP contribution < -0.4 is 4.74 Å². The van der Waals surface area contributed by atoms with Crippen LogP contribution in [-0.4, -0.2) is 58.9 Å². The summed E-state index contributed by atoms with van der Waals surface area (Å²) in [6.07, 6.45) is 0.780. The zero-order chi connectivity index (χ0) is 19.9. The molecule has 1 atom stereocenters. The summed E-state index contributed by atoms with van der Waals surface area (Å²) in [7, 11) is 0. The van der Waals surface area contributed by atoms with Crippen molar-refractivity contribution < 1.29 is 14.9 Å². The van der Waals surface area contributed by atoms with E-state index in [9.17, 15) is 10.2 Å². The third kappa shape index (κ3) is 5.25. The summed E-state index contributed by atoms with van der Waals surface area (Å²) in [5.41, 5.74) is 3.82. The van der Waals surface area contributed by atoms with E-state index < -0.39 is 0 Å². The molecule has 2 aromatic rings. The van der Waals surface area contributed by atoms with Crippen molar-refractivity contribution in [3.63, 3.8) is 0 Å². The number of piperazine rings is 1. The number of hydrogen-bond acceptors (Lipinski definition) is 5. The number of hydrogen-bond donors (Lipinski definition) is 2. The molecule has 0 amide bonds. The van der Waals surface area contributed by atoms with Gasteiger partial charge in [0, 0.05) is 45.4 Å². The van der Waals surface area contributed by atoms with Crippen LogP contribution in [-0.2, 0) is 13.1 Å². The fourth-order valence-corrected chi connectivity index (χ4v) is 3.92. The summed E-state index contributed by atoms with van der Waals surface area (Å²) >= 11 is 0. The molecular formula is C23H32N2O3. The van der Waals surface area contributed by atoms with E-state index in [1.54, 1.807) is 6.07 Å². The van der Waals surface area contributed by atoms with E-state index in [0.717, 1.165) is 44.7 Å². The number of nitrogens with zero attached hydrogens (tertiary/aromatic N) is 2. The summed E-state index contributed by atoms with van der Waals surface area (Å²) in [6, 6.07) is 14.5. The van der Waals surface area contributed by atoms with Gasteiger partial charge >= 0.3 is 0 Å². The summed E-state index contributed by atoms with van der Waals surface area (Å²) < 4.78 is 5.51. The van der Waals surface area contributed by atoms with Gasteiger partial charge in [0.05, 0.1) is 6.61 Å². The largest absolute Gasteiger partial charge is 0.504 e. The molecule has 5 heteroatoms. The molecule has 3 rings (SSSR count). The Morgan fingerprint density at radius 2 is 1.93 bits per heavy atom. The van der Waals surface area contributed by atoms with Crippen LogP contribution in [0.15, 0.2) is 42.5 Å². The van der Waals surface area contributed by atoms with Crippen molar-refractivity contribution in [3.8, 4) is 11.5 Å². The van der Waals surface area contributed by atoms with Gasteiger partial charge in [-0.3, -0.25) is 9.80 Å². The van der Waals surface area contributed by atoms with E-state index in [1.807, 2.05) is 19.1 Å². The fraction of sp³-hybridized carbons (Fsp3) is 0.478. The van der Waals surface area contributed by atoms with Gasteiger partial charge in [0.1, 0.15) is 0 Å². The fourth-order valence-electron chi connectivity index (χ4n) is 3.92. The number of aliphatic hydroxyl groups excluding tert-OH is 1. The van der Waals surface area contributed by atoms with Crippen molar-refractivity contribution >= 4 is 0 Å². The number of aryl methyl sites for hydroxylation is 1. The van der Waals surface area contributed by atoms with Crippen LogP contribution in [0, 0.1) is 6.92 Å². The molecule has 1 aliphatic heterocycles. The van der Waals surface area contributed by atoms with Gasteiger partial charge in [-0.25, -0.2) is 0 Å². The van der Waals surface area contributed by atoms with Crippen molar-refractivity contribution in [1.82, 2.24) is 9.80 Å². The number of aromatic hydroxyl groups is 1. The number of rotatable bonds is 8. The molecule has 0 saturated carbocycles. The number of ether oxygens (including phenoxy) is 1. The van der Waals surface area contributed by atoms with Crippen LogP contribution in [0.3, 0.4) is 0 Å². The zero-order valence-electron chi connectivity index (χ0n) is 17.0. The Labute approximate surface area is 168 Å². The van der Waals surface area contributed by atoms with Gasteiger partial charge in [0.25, 0.3) is 0 Å². The van der Waals surface area contributed by atoms with Gasteiger partial charge in [0.2, 0.25) is 0 Å². The standard InChI is InChI=1S/C23H32N2O3/c1-3-28-23-14-19(8-9-22(23)27)15-24-11-12-25(21(17-24)10-13-26)16-20-7-5-4-6-18(20)2/h4-9,14,21,26-27H,3,10-13,15-17H2,1-2H3. The monoisotopic (exact) mass is 384 g/mol. The molecule has 2 aromatic carbocycles. The van der Waals surface area contributed by atoms with Gasteiger partial charge in [0.15, 0.2) is 11.5 Å². The van der Waals surface area contributed by atoms with Crippen LogP contribution >= 0.6 is 0 Å². The first-order chi connectivity index (χ1) is 13.6. The lowest BCUT2D eigenvalue weighted by Crippen LogP contribution is -2.52. The van der Waals surface area contributed by atoms with E-state index in [-0.39, 0.29) is 12.4 Å². The van der Waals surface area contributed by atoms with Crippen molar-refractivity contribution in [2.24, 2.45) is 0 Å². The van der Waals surface area contributed by atoms with E-state index in [4.69, 9.17) is 4.74 Å². The highest BCUT2D eigenvalue weighted by Gasteiger charge is 2.27. The molecule has 0 aromatic heterocycles. The minimum Gasteiger partial charge on any atom is -0.504 e. The molecule has 2 N–H and O–H groups in total. The Morgan fingerprint density at radius 1 is 1.11 bits per heavy atom. The normalized spacial score (nSPS) is 18.3. The number of benzene rings is 2. The van der Waals surface area contributed by atoms with E-state index >= 15 is 0 Å². The molecule has 28 heavy (non-hydrogen) atoms. The summed E-state index contributed by atoms with van der Waals surface area (Å²) in [4.78, 5) is 4.92. The van der Waals surface area contributed by atoms with Crippen LogP contribution in [0.1, 0.15) is 30.0 Å². The first-order valence-electron chi connectivity index (χ1n) is 10.2. The van der Waals surface area contributed by atoms with Crippen LogP contribution in [0.5, 0.6) is 11.5 Å². The van der Waals surface area contributed by atoms with E-state index in [1.165, 1.54) is 11.1 Å². The zero-order valence-corrected chi connectivity index (χ0v) is 17.0. The Kier molecular flexibility index (Phi) is 7.31. The Balaban J connectivity index is 1.65. The summed E-state index contributed by atoms with van der Waals surface area (Å²) in [5.74, 6) is 0.733. The number of aliphatic hydroxyl groups is 1. The molecule has 1 aliphatic rings. The predicted molar refractivity (Wildman–Crippen MR) is 112 cm³/mol. The first-order valence-corrected chi connectivity index (χ1v) is 10.2. The van der Waals surface area contributed by atoms with Gasteiger partial charge in [-0.1, -0.05) is 30.3 Å². The molecule has 1 fully saturated rings. The highest BCUT2D eigenvalue weighted by Crippen LogP contribution is 2.28. The molecule has 0 radical (unpaired) electrons. The maximum Gasteiger partial charge on any atom is 0.161 e. The molecule has 0 bridgehead atoms. The third-order valence-corrected chi connectivity index (χ3v) is 5.52. The average Bonchev–Trinajstić information content (AvgIpc) is 2.68. The van der Waals surface area contributed by atoms with Gasteiger partial charge in [-0.15, -0.1) is 0 Å². The maximum absolute atomic E-state index is 9.91. The minimum absolute atomic E-state index is 0.187. The SMILES string of the molecule is CCOc1cc(CN2CCN(Cc3ccccc3C)C(CCO)C2)ccc1O. The molecule has 0 aliphatic carbocycles. The summed E-state index contributed by atoms with van der Waals surface area (Å²) in [5, 5.41) is 19.5. The first kappa shape index (κ1) is 20.6. The van der Waals surface area contributed by atoms with Crippen molar-refractivity contribution in [1.29, 1.82) is 0 Å². The molecule has 5 nitrogen and oxygen atoms in total. The second kappa shape index (κ2) is 9.92. The second-order valence-corrected chi connectivity index (χ2v) is 7.53. The topological polar surface area (TPSA) is 56.2 Å². The number of phenols is 1. The van der Waals surface area contributed by atoms with Crippen molar-refractivity contribution in [3.05, 3.63) is 59.2 Å². The van der Waals surface area contributed by atoms with E-state index in [0.29, 0.717) is 18.4 Å². The van der Waals surface area contributed by atoms with Crippen molar-refractivity contribution in [2.75, 3.05) is 32.8 Å². The Hall–Kier alpha value is -2.08. The Bertz CT molecular complexity index is 765. The molecular weight excluding hydrogens is 352 g/mol. The van der Waals surface area contributed by atoms with Crippen LogP contribution in [0.4, 0.5) is 0 Å². The van der Waals surface area contributed by atoms with Crippen LogP contribution in [0.2, 0.25) is 0 Å². The van der Waals surface area contributed by atoms with Gasteiger partial charge < -0.3 is 14.9 Å². The molecule has 152 valence electrons. The maximum atomic E-state index is 9.91. The lowest BCUT2D eigenvalue weighted by Gasteiger charge is -2.41. The third-order valence-electron chi connectivity index (χ3n) is 5.52. The highest BCUT2D eigenvalue weighted by atomic mass is 16.5. The number of phenolic OH excluding ortho intramolecular Hbond substituents is 1. The molecule has 1 saturated heterocycles.